The lowest BCUT2D eigenvalue weighted by molar-refractivity contribution is 0.113. The molecule has 1 aliphatic heterocycles. The number of pyridine rings is 1. The first-order chi connectivity index (χ1) is 16.7. The third-order valence-corrected chi connectivity index (χ3v) is 6.56. The van der Waals surface area contributed by atoms with Crippen LogP contribution in [0, 0.1) is 0 Å². The van der Waals surface area contributed by atoms with E-state index in [1.165, 1.54) is 0 Å². The number of unbranched alkanes of at least 4 members (excludes halogenated alkanes) is 1. The summed E-state index contributed by atoms with van der Waals surface area (Å²) in [6.45, 7) is 3.78. The van der Waals surface area contributed by atoms with E-state index in [-0.39, 0.29) is 12.4 Å². The smallest absolute Gasteiger partial charge is 0.259 e. The quantitative estimate of drug-likeness (QED) is 0.248. The Labute approximate surface area is 207 Å². The third-order valence-electron chi connectivity index (χ3n) is 6.06. The van der Waals surface area contributed by atoms with E-state index in [9.17, 15) is 4.79 Å². The van der Waals surface area contributed by atoms with Crippen LogP contribution in [0.4, 0.5) is 0 Å². The van der Waals surface area contributed by atoms with E-state index < -0.39 is 0 Å². The van der Waals surface area contributed by atoms with Gasteiger partial charge in [-0.2, -0.15) is 0 Å². The number of rotatable bonds is 8. The van der Waals surface area contributed by atoms with E-state index in [0.717, 1.165) is 50.8 Å². The zero-order chi connectivity index (χ0) is 23.5. The zero-order valence-corrected chi connectivity index (χ0v) is 20.6. The lowest BCUT2D eigenvalue weighted by atomic mass is 9.96. The van der Waals surface area contributed by atoms with Crippen molar-refractivity contribution in [1.82, 2.24) is 4.57 Å². The van der Waals surface area contributed by atoms with Crippen molar-refractivity contribution in [2.75, 3.05) is 13.4 Å². The molecule has 5 nitrogen and oxygen atoms in total. The maximum Gasteiger partial charge on any atom is 0.259 e. The van der Waals surface area contributed by atoms with Crippen molar-refractivity contribution in [2.24, 2.45) is 0 Å². The summed E-state index contributed by atoms with van der Waals surface area (Å²) in [5.41, 5.74) is 3.88. The van der Waals surface area contributed by atoms with Crippen LogP contribution >= 0.6 is 15.9 Å². The summed E-state index contributed by atoms with van der Waals surface area (Å²) >= 11 is 3.60. The Morgan fingerprint density at radius 3 is 2.62 bits per heavy atom. The Kier molecular flexibility index (Phi) is 6.70. The Morgan fingerprint density at radius 2 is 1.79 bits per heavy atom. The molecule has 0 N–H and O–H groups in total. The van der Waals surface area contributed by atoms with Gasteiger partial charge in [-0.1, -0.05) is 65.7 Å². The van der Waals surface area contributed by atoms with Crippen molar-refractivity contribution in [3.8, 4) is 22.6 Å². The van der Waals surface area contributed by atoms with Gasteiger partial charge in [0.05, 0.1) is 18.8 Å². The highest BCUT2D eigenvalue weighted by Gasteiger charge is 2.20. The number of hydrogen-bond donors (Lipinski definition) is 0. The van der Waals surface area contributed by atoms with E-state index in [0.29, 0.717) is 30.9 Å². The predicted molar refractivity (Wildman–Crippen MR) is 138 cm³/mol. The van der Waals surface area contributed by atoms with Crippen molar-refractivity contribution < 1.29 is 14.2 Å². The molecule has 6 heteroatoms. The highest BCUT2D eigenvalue weighted by molar-refractivity contribution is 9.10. The van der Waals surface area contributed by atoms with Crippen molar-refractivity contribution in [3.05, 3.63) is 92.8 Å². The van der Waals surface area contributed by atoms with Gasteiger partial charge < -0.3 is 18.8 Å². The number of fused-ring (bicyclic) bond motifs is 2. The molecule has 0 amide bonds. The van der Waals surface area contributed by atoms with E-state index in [2.05, 4.69) is 35.0 Å². The maximum atomic E-state index is 13.8. The second-order valence-electron chi connectivity index (χ2n) is 8.36. The summed E-state index contributed by atoms with van der Waals surface area (Å²) < 4.78 is 19.9. The van der Waals surface area contributed by atoms with Gasteiger partial charge in [-0.15, -0.1) is 0 Å². The highest BCUT2D eigenvalue weighted by atomic mass is 79.9. The van der Waals surface area contributed by atoms with Gasteiger partial charge in [0.15, 0.2) is 11.5 Å². The van der Waals surface area contributed by atoms with Gasteiger partial charge in [0.25, 0.3) is 5.56 Å². The second kappa shape index (κ2) is 10.0. The van der Waals surface area contributed by atoms with Crippen molar-refractivity contribution >= 4 is 26.7 Å². The minimum absolute atomic E-state index is 0.0334. The molecule has 0 unspecified atom stereocenters. The number of nitrogens with zero attached hydrogens (tertiary/aromatic N) is 1. The molecule has 0 spiro atoms. The lowest BCUT2D eigenvalue weighted by Crippen LogP contribution is -2.26. The molecule has 0 radical (unpaired) electrons. The van der Waals surface area contributed by atoms with Gasteiger partial charge in [-0.25, -0.2) is 0 Å². The highest BCUT2D eigenvalue weighted by Crippen LogP contribution is 2.35. The second-order valence-corrected chi connectivity index (χ2v) is 9.28. The van der Waals surface area contributed by atoms with Crippen LogP contribution in [0.5, 0.6) is 11.5 Å². The van der Waals surface area contributed by atoms with Crippen LogP contribution in [0.15, 0.2) is 76.0 Å². The normalized spacial score (nSPS) is 12.4. The average Bonchev–Trinajstić information content (AvgIpc) is 3.32. The zero-order valence-electron chi connectivity index (χ0n) is 19.1. The van der Waals surface area contributed by atoms with Crippen LogP contribution in [0.3, 0.4) is 0 Å². The first kappa shape index (κ1) is 22.7. The van der Waals surface area contributed by atoms with Gasteiger partial charge in [-0.05, 0) is 53.3 Å². The van der Waals surface area contributed by atoms with Gasteiger partial charge in [-0.3, -0.25) is 4.79 Å². The molecule has 0 atom stereocenters. The first-order valence-electron chi connectivity index (χ1n) is 11.5. The number of benzene rings is 3. The Balaban J connectivity index is 1.71. The molecule has 0 aliphatic carbocycles. The molecular formula is C28H26BrNO4. The molecule has 3 aromatic carbocycles. The maximum absolute atomic E-state index is 13.8. The molecule has 5 rings (SSSR count). The standard InChI is InChI=1S/C28H26BrNO4/c1-2-3-13-32-17-24-27(20-7-5-4-6-8-20)23-15-21(29)10-11-22(23)28(31)30(24)16-19-9-12-25-26(14-19)34-18-33-25/h4-12,14-15H,2-3,13,16-18H2,1H3. The number of hydrogen-bond acceptors (Lipinski definition) is 4. The van der Waals surface area contributed by atoms with Crippen LogP contribution < -0.4 is 15.0 Å². The largest absolute Gasteiger partial charge is 0.454 e. The van der Waals surface area contributed by atoms with Crippen LogP contribution in [-0.4, -0.2) is 18.0 Å². The SMILES string of the molecule is CCCCOCc1c(-c2ccccc2)c2cc(Br)ccc2c(=O)n1Cc1ccc2c(c1)OCO2. The molecular weight excluding hydrogens is 494 g/mol. The fourth-order valence-electron chi connectivity index (χ4n) is 4.35. The molecule has 0 fully saturated rings. The van der Waals surface area contributed by atoms with Crippen LogP contribution in [0.2, 0.25) is 0 Å². The molecule has 0 saturated heterocycles. The summed E-state index contributed by atoms with van der Waals surface area (Å²) in [4.78, 5) is 13.8. The van der Waals surface area contributed by atoms with Crippen LogP contribution in [0.25, 0.3) is 21.9 Å². The first-order valence-corrected chi connectivity index (χ1v) is 12.3. The molecule has 2 heterocycles. The molecule has 174 valence electrons. The molecule has 4 aromatic rings. The Bertz CT molecular complexity index is 1380. The fourth-order valence-corrected chi connectivity index (χ4v) is 4.71. The third kappa shape index (κ3) is 4.48. The van der Waals surface area contributed by atoms with Crippen LogP contribution in [-0.2, 0) is 17.9 Å². The topological polar surface area (TPSA) is 49.7 Å². The predicted octanol–water partition coefficient (Wildman–Crippen LogP) is 6.52. The minimum atomic E-state index is -0.0334. The molecule has 0 bridgehead atoms. The van der Waals surface area contributed by atoms with Crippen molar-refractivity contribution in [1.29, 1.82) is 0 Å². The van der Waals surface area contributed by atoms with E-state index in [1.54, 1.807) is 0 Å². The van der Waals surface area contributed by atoms with Gasteiger partial charge >= 0.3 is 0 Å². The molecule has 34 heavy (non-hydrogen) atoms. The molecule has 1 aliphatic rings. The summed E-state index contributed by atoms with van der Waals surface area (Å²) in [5, 5.41) is 1.60. The van der Waals surface area contributed by atoms with Gasteiger partial charge in [0.2, 0.25) is 6.79 Å². The Hall–Kier alpha value is -3.09. The summed E-state index contributed by atoms with van der Waals surface area (Å²) in [6.07, 6.45) is 2.03. The van der Waals surface area contributed by atoms with E-state index >= 15 is 0 Å². The van der Waals surface area contributed by atoms with Crippen molar-refractivity contribution in [3.63, 3.8) is 0 Å². The fraction of sp³-hybridized carbons (Fsp3) is 0.250. The lowest BCUT2D eigenvalue weighted by Gasteiger charge is -2.21. The number of ether oxygens (including phenoxy) is 3. The number of aromatic nitrogens is 1. The number of halogens is 1. The molecule has 0 saturated carbocycles. The summed E-state index contributed by atoms with van der Waals surface area (Å²) in [7, 11) is 0. The van der Waals surface area contributed by atoms with E-state index in [4.69, 9.17) is 14.2 Å². The van der Waals surface area contributed by atoms with Gasteiger partial charge in [0, 0.05) is 22.0 Å². The van der Waals surface area contributed by atoms with Gasteiger partial charge in [0.1, 0.15) is 0 Å². The van der Waals surface area contributed by atoms with E-state index in [1.807, 2.05) is 59.2 Å². The average molecular weight is 520 g/mol. The van der Waals surface area contributed by atoms with Crippen molar-refractivity contribution in [2.45, 2.75) is 32.9 Å². The summed E-state index contributed by atoms with van der Waals surface area (Å²) in [6, 6.07) is 21.9. The minimum Gasteiger partial charge on any atom is -0.454 e. The Morgan fingerprint density at radius 1 is 0.971 bits per heavy atom. The van der Waals surface area contributed by atoms with Crippen LogP contribution in [0.1, 0.15) is 31.0 Å². The molecule has 1 aromatic heterocycles. The summed E-state index contributed by atoms with van der Waals surface area (Å²) in [5.74, 6) is 1.44. The monoisotopic (exact) mass is 519 g/mol.